The number of hydrogen-bond acceptors (Lipinski definition) is 4. The summed E-state index contributed by atoms with van der Waals surface area (Å²) in [6, 6.07) is 5.10. The topological polar surface area (TPSA) is 65.0 Å². The normalized spacial score (nSPS) is 9.62. The number of carboxylic acid groups (broad SMARTS) is 1. The van der Waals surface area contributed by atoms with Crippen LogP contribution in [0.3, 0.4) is 0 Å². The number of hydrogen-bond donors (Lipinski definition) is 1. The van der Waals surface area contributed by atoms with E-state index in [9.17, 15) is 4.79 Å². The molecule has 0 aliphatic rings. The lowest BCUT2D eigenvalue weighted by molar-refractivity contribution is -0.137. The molecule has 5 nitrogen and oxygen atoms in total. The van der Waals surface area contributed by atoms with Crippen LogP contribution in [-0.4, -0.2) is 31.9 Å². The summed E-state index contributed by atoms with van der Waals surface area (Å²) in [4.78, 5) is 10.3. The van der Waals surface area contributed by atoms with Gasteiger partial charge in [0.1, 0.15) is 5.75 Å². The predicted octanol–water partition coefficient (Wildman–Crippen LogP) is 1.56. The number of rotatable bonds is 6. The van der Waals surface area contributed by atoms with Gasteiger partial charge in [-0.2, -0.15) is 0 Å². The van der Waals surface area contributed by atoms with Crippen LogP contribution < -0.4 is 14.2 Å². The number of aliphatic carboxylic acids is 1. The van der Waals surface area contributed by atoms with E-state index in [1.165, 1.54) is 7.11 Å². The first kappa shape index (κ1) is 12.2. The molecule has 0 unspecified atom stereocenters. The Morgan fingerprint density at radius 2 is 2.00 bits per heavy atom. The first-order valence-electron chi connectivity index (χ1n) is 4.74. The molecular weight excluding hydrogens is 212 g/mol. The van der Waals surface area contributed by atoms with Crippen LogP contribution in [0.5, 0.6) is 17.2 Å². The quantitative estimate of drug-likeness (QED) is 0.797. The Morgan fingerprint density at radius 3 is 2.56 bits per heavy atom. The molecular formula is C11H14O5. The van der Waals surface area contributed by atoms with Crippen LogP contribution in [-0.2, 0) is 4.79 Å². The second kappa shape index (κ2) is 5.85. The van der Waals surface area contributed by atoms with Crippen molar-refractivity contribution in [3.05, 3.63) is 18.2 Å². The molecule has 0 radical (unpaired) electrons. The van der Waals surface area contributed by atoms with Crippen molar-refractivity contribution >= 4 is 5.97 Å². The van der Waals surface area contributed by atoms with Gasteiger partial charge in [0.25, 0.3) is 0 Å². The van der Waals surface area contributed by atoms with E-state index in [2.05, 4.69) is 0 Å². The molecule has 0 saturated carbocycles. The van der Waals surface area contributed by atoms with E-state index in [4.69, 9.17) is 19.3 Å². The first-order chi connectivity index (χ1) is 7.67. The lowest BCUT2D eigenvalue weighted by Crippen LogP contribution is -2.05. The van der Waals surface area contributed by atoms with E-state index < -0.39 is 5.97 Å². The number of methoxy groups -OCH3 is 2. The SMILES string of the molecule is COc1ccc(OC)c(OCCC(=O)O)c1. The molecule has 16 heavy (non-hydrogen) atoms. The van der Waals surface area contributed by atoms with Gasteiger partial charge in [0, 0.05) is 6.07 Å². The number of benzene rings is 1. The second-order valence-electron chi connectivity index (χ2n) is 3.01. The Morgan fingerprint density at radius 1 is 1.25 bits per heavy atom. The molecule has 0 fully saturated rings. The minimum Gasteiger partial charge on any atom is -0.497 e. The largest absolute Gasteiger partial charge is 0.497 e. The fraction of sp³-hybridized carbons (Fsp3) is 0.364. The van der Waals surface area contributed by atoms with E-state index in [0.29, 0.717) is 17.2 Å². The highest BCUT2D eigenvalue weighted by molar-refractivity contribution is 5.66. The molecule has 0 heterocycles. The molecule has 0 aliphatic carbocycles. The number of carbonyl (C=O) groups is 1. The summed E-state index contributed by atoms with van der Waals surface area (Å²) >= 11 is 0. The number of carboxylic acids is 1. The third kappa shape index (κ3) is 3.34. The van der Waals surface area contributed by atoms with Gasteiger partial charge in [-0.15, -0.1) is 0 Å². The zero-order valence-corrected chi connectivity index (χ0v) is 9.23. The molecule has 0 atom stereocenters. The van der Waals surface area contributed by atoms with Crippen molar-refractivity contribution < 1.29 is 24.1 Å². The van der Waals surface area contributed by atoms with E-state index in [-0.39, 0.29) is 13.0 Å². The van der Waals surface area contributed by atoms with Crippen LogP contribution in [0, 0.1) is 0 Å². The Kier molecular flexibility index (Phi) is 4.44. The van der Waals surface area contributed by atoms with Crippen molar-refractivity contribution in [1.82, 2.24) is 0 Å². The zero-order valence-electron chi connectivity index (χ0n) is 9.23. The van der Waals surface area contributed by atoms with Crippen molar-refractivity contribution in [3.8, 4) is 17.2 Å². The molecule has 0 bridgehead atoms. The maximum atomic E-state index is 10.3. The Labute approximate surface area is 93.6 Å². The zero-order chi connectivity index (χ0) is 12.0. The van der Waals surface area contributed by atoms with E-state index in [1.807, 2.05) is 0 Å². The summed E-state index contributed by atoms with van der Waals surface area (Å²) in [5, 5.41) is 8.48. The van der Waals surface area contributed by atoms with Crippen molar-refractivity contribution in [1.29, 1.82) is 0 Å². The highest BCUT2D eigenvalue weighted by Crippen LogP contribution is 2.31. The lowest BCUT2D eigenvalue weighted by Gasteiger charge is -2.11. The Bertz CT molecular complexity index is 361. The lowest BCUT2D eigenvalue weighted by atomic mass is 10.3. The fourth-order valence-corrected chi connectivity index (χ4v) is 1.15. The standard InChI is InChI=1S/C11H14O5/c1-14-8-3-4-9(15-2)10(7-8)16-6-5-11(12)13/h3-4,7H,5-6H2,1-2H3,(H,12,13). The average Bonchev–Trinajstić information content (AvgIpc) is 2.28. The average molecular weight is 226 g/mol. The molecule has 0 spiro atoms. The van der Waals surface area contributed by atoms with Crippen molar-refractivity contribution in [2.75, 3.05) is 20.8 Å². The third-order valence-electron chi connectivity index (χ3n) is 1.94. The molecule has 1 aromatic rings. The molecule has 0 amide bonds. The Balaban J connectivity index is 2.71. The molecule has 1 N–H and O–H groups in total. The smallest absolute Gasteiger partial charge is 0.306 e. The summed E-state index contributed by atoms with van der Waals surface area (Å²) in [6.45, 7) is 0.0961. The van der Waals surface area contributed by atoms with E-state index >= 15 is 0 Å². The molecule has 0 saturated heterocycles. The highest BCUT2D eigenvalue weighted by atomic mass is 16.5. The molecule has 0 aromatic heterocycles. The maximum Gasteiger partial charge on any atom is 0.306 e. The van der Waals surface area contributed by atoms with Gasteiger partial charge >= 0.3 is 5.97 Å². The van der Waals surface area contributed by atoms with Gasteiger partial charge in [-0.3, -0.25) is 4.79 Å². The van der Waals surface area contributed by atoms with Gasteiger partial charge in [-0.1, -0.05) is 0 Å². The summed E-state index contributed by atoms with van der Waals surface area (Å²) in [5.74, 6) is 0.752. The van der Waals surface area contributed by atoms with Gasteiger partial charge < -0.3 is 19.3 Å². The van der Waals surface area contributed by atoms with Crippen LogP contribution in [0.25, 0.3) is 0 Å². The van der Waals surface area contributed by atoms with Gasteiger partial charge in [-0.05, 0) is 12.1 Å². The van der Waals surface area contributed by atoms with Crippen LogP contribution >= 0.6 is 0 Å². The van der Waals surface area contributed by atoms with Gasteiger partial charge in [0.15, 0.2) is 11.5 Å². The van der Waals surface area contributed by atoms with Gasteiger partial charge in [0.2, 0.25) is 0 Å². The van der Waals surface area contributed by atoms with Crippen molar-refractivity contribution in [3.63, 3.8) is 0 Å². The van der Waals surface area contributed by atoms with Crippen LogP contribution in [0.1, 0.15) is 6.42 Å². The predicted molar refractivity (Wildman–Crippen MR) is 57.3 cm³/mol. The minimum absolute atomic E-state index is 0.0552. The molecule has 88 valence electrons. The van der Waals surface area contributed by atoms with E-state index in [0.717, 1.165) is 0 Å². The first-order valence-corrected chi connectivity index (χ1v) is 4.74. The third-order valence-corrected chi connectivity index (χ3v) is 1.94. The van der Waals surface area contributed by atoms with Crippen LogP contribution in [0.15, 0.2) is 18.2 Å². The summed E-state index contributed by atoms with van der Waals surface area (Å²) in [7, 11) is 3.06. The van der Waals surface area contributed by atoms with Crippen LogP contribution in [0.2, 0.25) is 0 Å². The molecule has 5 heteroatoms. The minimum atomic E-state index is -0.901. The van der Waals surface area contributed by atoms with Gasteiger partial charge in [0.05, 0.1) is 27.2 Å². The fourth-order valence-electron chi connectivity index (χ4n) is 1.15. The summed E-state index contributed by atoms with van der Waals surface area (Å²) in [6.07, 6.45) is -0.0552. The van der Waals surface area contributed by atoms with Crippen LogP contribution in [0.4, 0.5) is 0 Å². The molecule has 1 rings (SSSR count). The molecule has 0 aliphatic heterocycles. The summed E-state index contributed by atoms with van der Waals surface area (Å²) in [5.41, 5.74) is 0. The molecule has 1 aromatic carbocycles. The van der Waals surface area contributed by atoms with Crippen molar-refractivity contribution in [2.24, 2.45) is 0 Å². The summed E-state index contributed by atoms with van der Waals surface area (Å²) < 4.78 is 15.4. The second-order valence-corrected chi connectivity index (χ2v) is 3.01. The van der Waals surface area contributed by atoms with Gasteiger partial charge in [-0.25, -0.2) is 0 Å². The highest BCUT2D eigenvalue weighted by Gasteiger charge is 2.07. The monoisotopic (exact) mass is 226 g/mol. The van der Waals surface area contributed by atoms with E-state index in [1.54, 1.807) is 25.3 Å². The number of ether oxygens (including phenoxy) is 3. The Hall–Kier alpha value is -1.91. The maximum absolute atomic E-state index is 10.3. The van der Waals surface area contributed by atoms with Crippen molar-refractivity contribution in [2.45, 2.75) is 6.42 Å².